The number of nitriles is 1. The van der Waals surface area contributed by atoms with Gasteiger partial charge in [-0.3, -0.25) is 9.59 Å². The molecule has 0 bridgehead atoms. The summed E-state index contributed by atoms with van der Waals surface area (Å²) in [6.07, 6.45) is 0. The van der Waals surface area contributed by atoms with Gasteiger partial charge in [-0.2, -0.15) is 5.26 Å². The number of para-hydroxylation sites is 1. The van der Waals surface area contributed by atoms with Gasteiger partial charge in [-0.05, 0) is 42.0 Å². The van der Waals surface area contributed by atoms with Crippen LogP contribution in [0.3, 0.4) is 0 Å². The summed E-state index contributed by atoms with van der Waals surface area (Å²) in [5.41, 5.74) is 1.98. The monoisotopic (exact) mass is 415 g/mol. The number of benzene rings is 3. The molecular weight excluding hydrogens is 394 g/mol. The molecule has 0 fully saturated rings. The fourth-order valence-corrected chi connectivity index (χ4v) is 2.66. The Morgan fingerprint density at radius 2 is 1.61 bits per heavy atom. The van der Waals surface area contributed by atoms with Crippen LogP contribution in [0.25, 0.3) is 0 Å². The maximum atomic E-state index is 12.1. The van der Waals surface area contributed by atoms with Crippen molar-refractivity contribution in [1.29, 1.82) is 5.26 Å². The van der Waals surface area contributed by atoms with Gasteiger partial charge in [0.15, 0.2) is 6.61 Å². The van der Waals surface area contributed by atoms with Crippen molar-refractivity contribution in [2.24, 2.45) is 0 Å². The van der Waals surface area contributed by atoms with Gasteiger partial charge in [0.2, 0.25) is 5.91 Å². The van der Waals surface area contributed by atoms with E-state index < -0.39 is 5.91 Å². The molecule has 0 aromatic heterocycles. The van der Waals surface area contributed by atoms with E-state index in [0.29, 0.717) is 29.4 Å². The summed E-state index contributed by atoms with van der Waals surface area (Å²) in [7, 11) is 0. The molecule has 0 spiro atoms. The Hall–Kier alpha value is -4.31. The largest absolute Gasteiger partial charge is 0.489 e. The van der Waals surface area contributed by atoms with Gasteiger partial charge in [0.1, 0.15) is 18.1 Å². The SMILES string of the molecule is N#Cc1cccc(COc2cccc(NC(=O)CNC(=O)COc3ccccc3)c2)c1. The third-order valence-electron chi connectivity index (χ3n) is 4.14. The topological polar surface area (TPSA) is 100 Å². The van der Waals surface area contributed by atoms with Crippen molar-refractivity contribution in [2.75, 3.05) is 18.5 Å². The summed E-state index contributed by atoms with van der Waals surface area (Å²) in [5.74, 6) is 0.390. The quantitative estimate of drug-likeness (QED) is 0.559. The van der Waals surface area contributed by atoms with Gasteiger partial charge in [-0.1, -0.05) is 36.4 Å². The van der Waals surface area contributed by atoms with Crippen molar-refractivity contribution in [3.63, 3.8) is 0 Å². The van der Waals surface area contributed by atoms with Crippen molar-refractivity contribution >= 4 is 17.5 Å². The third kappa shape index (κ3) is 7.22. The van der Waals surface area contributed by atoms with Gasteiger partial charge in [0.05, 0.1) is 18.2 Å². The van der Waals surface area contributed by atoms with E-state index in [2.05, 4.69) is 16.7 Å². The maximum Gasteiger partial charge on any atom is 0.258 e. The van der Waals surface area contributed by atoms with Crippen LogP contribution in [-0.4, -0.2) is 25.0 Å². The Morgan fingerprint density at radius 3 is 2.42 bits per heavy atom. The predicted molar refractivity (Wildman–Crippen MR) is 116 cm³/mol. The first-order valence-corrected chi connectivity index (χ1v) is 9.59. The number of hydrogen-bond acceptors (Lipinski definition) is 5. The van der Waals surface area contributed by atoms with Gasteiger partial charge < -0.3 is 20.1 Å². The van der Waals surface area contributed by atoms with Crippen molar-refractivity contribution < 1.29 is 19.1 Å². The van der Waals surface area contributed by atoms with E-state index in [1.165, 1.54) is 0 Å². The second-order valence-corrected chi connectivity index (χ2v) is 6.56. The normalized spacial score (nSPS) is 9.90. The highest BCUT2D eigenvalue weighted by Gasteiger charge is 2.08. The van der Waals surface area contributed by atoms with Crippen molar-refractivity contribution in [1.82, 2.24) is 5.32 Å². The van der Waals surface area contributed by atoms with E-state index in [4.69, 9.17) is 14.7 Å². The Labute approximate surface area is 180 Å². The fraction of sp³-hybridized carbons (Fsp3) is 0.125. The molecular formula is C24H21N3O4. The molecule has 7 nitrogen and oxygen atoms in total. The zero-order valence-corrected chi connectivity index (χ0v) is 16.7. The summed E-state index contributed by atoms with van der Waals surface area (Å²) in [4.78, 5) is 24.0. The van der Waals surface area contributed by atoms with Crippen LogP contribution in [0.1, 0.15) is 11.1 Å². The average Bonchev–Trinajstić information content (AvgIpc) is 2.81. The molecule has 156 valence electrons. The number of nitrogens with zero attached hydrogens (tertiary/aromatic N) is 1. The minimum absolute atomic E-state index is 0.173. The van der Waals surface area contributed by atoms with Crippen LogP contribution in [0.5, 0.6) is 11.5 Å². The molecule has 3 rings (SSSR count). The number of amides is 2. The molecule has 7 heteroatoms. The molecule has 31 heavy (non-hydrogen) atoms. The van der Waals surface area contributed by atoms with Crippen LogP contribution >= 0.6 is 0 Å². The van der Waals surface area contributed by atoms with Gasteiger partial charge in [-0.15, -0.1) is 0 Å². The first-order valence-electron chi connectivity index (χ1n) is 9.59. The van der Waals surface area contributed by atoms with Crippen LogP contribution in [0, 0.1) is 11.3 Å². The average molecular weight is 415 g/mol. The molecule has 0 aliphatic rings. The van der Waals surface area contributed by atoms with E-state index >= 15 is 0 Å². The lowest BCUT2D eigenvalue weighted by atomic mass is 10.1. The molecule has 0 aliphatic heterocycles. The molecule has 0 atom stereocenters. The van der Waals surface area contributed by atoms with E-state index in [1.54, 1.807) is 54.6 Å². The van der Waals surface area contributed by atoms with Crippen LogP contribution in [0.15, 0.2) is 78.9 Å². The number of anilines is 1. The van der Waals surface area contributed by atoms with Crippen molar-refractivity contribution in [2.45, 2.75) is 6.61 Å². The second-order valence-electron chi connectivity index (χ2n) is 6.56. The van der Waals surface area contributed by atoms with E-state index in [1.807, 2.05) is 24.3 Å². The molecule has 0 aliphatic carbocycles. The van der Waals surface area contributed by atoms with Crippen LogP contribution < -0.4 is 20.1 Å². The number of ether oxygens (including phenoxy) is 2. The highest BCUT2D eigenvalue weighted by atomic mass is 16.5. The highest BCUT2D eigenvalue weighted by molar-refractivity contribution is 5.94. The Morgan fingerprint density at radius 1 is 0.839 bits per heavy atom. The third-order valence-corrected chi connectivity index (χ3v) is 4.14. The standard InChI is InChI=1S/C24H21N3O4/c25-14-18-6-4-7-19(12-18)16-30-22-11-5-8-20(13-22)27-23(28)15-26-24(29)17-31-21-9-2-1-3-10-21/h1-13H,15-17H2,(H,26,29)(H,27,28). The lowest BCUT2D eigenvalue weighted by molar-refractivity contribution is -0.125. The van der Waals surface area contributed by atoms with E-state index in [-0.39, 0.29) is 19.1 Å². The van der Waals surface area contributed by atoms with Crippen LogP contribution in [0.2, 0.25) is 0 Å². The summed E-state index contributed by atoms with van der Waals surface area (Å²) >= 11 is 0. The smallest absolute Gasteiger partial charge is 0.258 e. The van der Waals surface area contributed by atoms with Crippen LogP contribution in [-0.2, 0) is 16.2 Å². The number of nitrogens with one attached hydrogen (secondary N) is 2. The molecule has 0 saturated heterocycles. The maximum absolute atomic E-state index is 12.1. The van der Waals surface area contributed by atoms with Gasteiger partial charge in [0.25, 0.3) is 5.91 Å². The molecule has 0 radical (unpaired) electrons. The minimum atomic E-state index is -0.393. The lowest BCUT2D eigenvalue weighted by Gasteiger charge is -2.10. The Kier molecular flexibility index (Phi) is 7.61. The first-order chi connectivity index (χ1) is 15.1. The molecule has 3 aromatic rings. The summed E-state index contributed by atoms with van der Waals surface area (Å²) in [6, 6.07) is 25.1. The molecule has 0 heterocycles. The molecule has 3 aromatic carbocycles. The van der Waals surface area contributed by atoms with E-state index in [9.17, 15) is 9.59 Å². The van der Waals surface area contributed by atoms with Gasteiger partial charge in [0, 0.05) is 11.8 Å². The lowest BCUT2D eigenvalue weighted by Crippen LogP contribution is -2.35. The van der Waals surface area contributed by atoms with Crippen molar-refractivity contribution in [3.05, 3.63) is 90.0 Å². The number of carbonyl (C=O) groups excluding carboxylic acids is 2. The zero-order valence-electron chi connectivity index (χ0n) is 16.7. The van der Waals surface area contributed by atoms with Gasteiger partial charge in [-0.25, -0.2) is 0 Å². The molecule has 0 saturated carbocycles. The number of rotatable bonds is 9. The predicted octanol–water partition coefficient (Wildman–Crippen LogP) is 3.27. The van der Waals surface area contributed by atoms with Crippen LogP contribution in [0.4, 0.5) is 5.69 Å². The van der Waals surface area contributed by atoms with Crippen molar-refractivity contribution in [3.8, 4) is 17.6 Å². The van der Waals surface area contributed by atoms with E-state index in [0.717, 1.165) is 5.56 Å². The number of hydrogen-bond donors (Lipinski definition) is 2. The second kappa shape index (κ2) is 11.0. The summed E-state index contributed by atoms with van der Waals surface area (Å²) in [5, 5.41) is 14.2. The number of carbonyl (C=O) groups is 2. The summed E-state index contributed by atoms with van der Waals surface area (Å²) in [6.45, 7) is -0.0545. The minimum Gasteiger partial charge on any atom is -0.489 e. The molecule has 0 unspecified atom stereocenters. The highest BCUT2D eigenvalue weighted by Crippen LogP contribution is 2.19. The first kappa shape index (κ1) is 21.4. The van der Waals surface area contributed by atoms with Gasteiger partial charge >= 0.3 is 0 Å². The molecule has 2 N–H and O–H groups in total. The fourth-order valence-electron chi connectivity index (χ4n) is 2.66. The zero-order chi connectivity index (χ0) is 21.9. The molecule has 2 amide bonds. The Bertz CT molecular complexity index is 1080. The Balaban J connectivity index is 1.43. The summed E-state index contributed by atoms with van der Waals surface area (Å²) < 4.78 is 11.1.